The van der Waals surface area contributed by atoms with Crippen LogP contribution in [-0.2, 0) is 6.42 Å². The molecular formula is C27H21N3O. The molecule has 1 heterocycles. The topological polar surface area (TPSA) is 38.1 Å². The third-order valence-corrected chi connectivity index (χ3v) is 5.25. The van der Waals surface area contributed by atoms with Crippen LogP contribution in [0.1, 0.15) is 11.4 Å². The Balaban J connectivity index is 1.68. The molecule has 5 rings (SSSR count). The first-order valence-corrected chi connectivity index (χ1v) is 10.3. The van der Waals surface area contributed by atoms with Crippen LogP contribution in [0.4, 0.5) is 16.2 Å². The van der Waals surface area contributed by atoms with Crippen molar-refractivity contribution in [1.29, 1.82) is 0 Å². The number of hydrogen-bond donors (Lipinski definition) is 0. The Morgan fingerprint density at radius 1 is 0.677 bits per heavy atom. The first-order chi connectivity index (χ1) is 15.3. The van der Waals surface area contributed by atoms with E-state index in [4.69, 9.17) is 4.98 Å². The highest BCUT2D eigenvalue weighted by atomic mass is 16.2. The molecule has 4 nitrogen and oxygen atoms in total. The van der Waals surface area contributed by atoms with Gasteiger partial charge in [-0.3, -0.25) is 4.90 Å². The molecule has 1 aromatic heterocycles. The Hall–Kier alpha value is -4.18. The van der Waals surface area contributed by atoms with E-state index in [1.807, 2.05) is 103 Å². The summed E-state index contributed by atoms with van der Waals surface area (Å²) in [6.45, 7) is 0. The van der Waals surface area contributed by atoms with Crippen LogP contribution < -0.4 is 4.90 Å². The Labute approximate surface area is 181 Å². The van der Waals surface area contributed by atoms with E-state index in [-0.39, 0.29) is 6.03 Å². The number of aromatic nitrogens is 2. The lowest BCUT2D eigenvalue weighted by Gasteiger charge is -2.24. The summed E-state index contributed by atoms with van der Waals surface area (Å²) < 4.78 is 1.74. The van der Waals surface area contributed by atoms with E-state index in [0.717, 1.165) is 28.0 Å². The number of imidazole rings is 1. The van der Waals surface area contributed by atoms with Gasteiger partial charge in [-0.2, -0.15) is 0 Å². The highest BCUT2D eigenvalue weighted by Crippen LogP contribution is 2.28. The lowest BCUT2D eigenvalue weighted by molar-refractivity contribution is 0.250. The zero-order chi connectivity index (χ0) is 21.0. The molecule has 5 aromatic rings. The second-order valence-electron chi connectivity index (χ2n) is 7.30. The number of fused-ring (bicyclic) bond motifs is 1. The fourth-order valence-electron chi connectivity index (χ4n) is 3.81. The smallest absolute Gasteiger partial charge is 0.262 e. The van der Waals surface area contributed by atoms with Crippen LogP contribution in [0.3, 0.4) is 0 Å². The maximum Gasteiger partial charge on any atom is 0.339 e. The third kappa shape index (κ3) is 3.71. The quantitative estimate of drug-likeness (QED) is 0.347. The molecule has 0 spiro atoms. The Bertz CT molecular complexity index is 1270. The van der Waals surface area contributed by atoms with Crippen molar-refractivity contribution in [2.45, 2.75) is 6.42 Å². The summed E-state index contributed by atoms with van der Waals surface area (Å²) >= 11 is 0. The average molecular weight is 403 g/mol. The molecular weight excluding hydrogens is 382 g/mol. The molecule has 0 atom stereocenters. The van der Waals surface area contributed by atoms with Crippen LogP contribution in [0.25, 0.3) is 11.0 Å². The number of para-hydroxylation sites is 4. The van der Waals surface area contributed by atoms with Gasteiger partial charge in [0.2, 0.25) is 0 Å². The molecule has 0 fully saturated rings. The van der Waals surface area contributed by atoms with Gasteiger partial charge in [0.1, 0.15) is 5.82 Å². The third-order valence-electron chi connectivity index (χ3n) is 5.25. The Morgan fingerprint density at radius 2 is 1.19 bits per heavy atom. The number of benzene rings is 4. The molecule has 1 amide bonds. The van der Waals surface area contributed by atoms with Crippen LogP contribution in [0.15, 0.2) is 115 Å². The maximum absolute atomic E-state index is 14.1. The van der Waals surface area contributed by atoms with Gasteiger partial charge in [0, 0.05) is 6.42 Å². The van der Waals surface area contributed by atoms with Crippen molar-refractivity contribution in [3.8, 4) is 0 Å². The molecule has 0 aliphatic rings. The minimum atomic E-state index is -0.156. The van der Waals surface area contributed by atoms with E-state index < -0.39 is 0 Å². The SMILES string of the molecule is O=C(N(c1ccccc1)c1ccccc1)n1c(Cc2ccccc2)nc2ccccc21. The van der Waals surface area contributed by atoms with Crippen molar-refractivity contribution in [3.05, 3.63) is 127 Å². The highest BCUT2D eigenvalue weighted by Gasteiger charge is 2.24. The lowest BCUT2D eigenvalue weighted by atomic mass is 10.1. The molecule has 0 unspecified atom stereocenters. The van der Waals surface area contributed by atoms with Crippen LogP contribution in [0, 0.1) is 0 Å². The van der Waals surface area contributed by atoms with Crippen molar-refractivity contribution in [3.63, 3.8) is 0 Å². The molecule has 31 heavy (non-hydrogen) atoms. The zero-order valence-corrected chi connectivity index (χ0v) is 16.9. The Morgan fingerprint density at radius 3 is 1.81 bits per heavy atom. The minimum Gasteiger partial charge on any atom is -0.262 e. The van der Waals surface area contributed by atoms with E-state index in [1.54, 1.807) is 9.47 Å². The number of nitrogens with zero attached hydrogens (tertiary/aromatic N) is 3. The van der Waals surface area contributed by atoms with E-state index in [2.05, 4.69) is 12.1 Å². The molecule has 0 saturated carbocycles. The second kappa shape index (κ2) is 8.28. The van der Waals surface area contributed by atoms with Crippen LogP contribution in [-0.4, -0.2) is 15.6 Å². The summed E-state index contributed by atoms with van der Waals surface area (Å²) in [4.78, 5) is 20.6. The molecule has 0 N–H and O–H groups in total. The van der Waals surface area contributed by atoms with Gasteiger partial charge in [0.25, 0.3) is 0 Å². The summed E-state index contributed by atoms with van der Waals surface area (Å²) in [5.74, 6) is 0.717. The van der Waals surface area contributed by atoms with Gasteiger partial charge < -0.3 is 0 Å². The zero-order valence-electron chi connectivity index (χ0n) is 16.9. The largest absolute Gasteiger partial charge is 0.339 e. The summed E-state index contributed by atoms with van der Waals surface area (Å²) in [6.07, 6.45) is 0.568. The molecule has 150 valence electrons. The summed E-state index contributed by atoms with van der Waals surface area (Å²) in [5.41, 5.74) is 4.33. The van der Waals surface area contributed by atoms with Crippen molar-refractivity contribution in [2.75, 3.05) is 4.90 Å². The monoisotopic (exact) mass is 403 g/mol. The second-order valence-corrected chi connectivity index (χ2v) is 7.30. The number of hydrogen-bond acceptors (Lipinski definition) is 2. The molecule has 4 aromatic carbocycles. The van der Waals surface area contributed by atoms with Gasteiger partial charge >= 0.3 is 6.03 Å². The summed E-state index contributed by atoms with van der Waals surface area (Å²) in [7, 11) is 0. The fourth-order valence-corrected chi connectivity index (χ4v) is 3.81. The normalized spacial score (nSPS) is 10.8. The molecule has 4 heteroatoms. The van der Waals surface area contributed by atoms with Gasteiger partial charge in [0.05, 0.1) is 22.4 Å². The first kappa shape index (κ1) is 18.8. The standard InChI is InChI=1S/C27H21N3O/c31-27(29(22-14-6-2-7-15-22)23-16-8-3-9-17-23)30-25-19-11-10-18-24(25)28-26(30)20-21-12-4-1-5-13-21/h1-19H,20H2. The van der Waals surface area contributed by atoms with Gasteiger partial charge in [-0.05, 0) is 42.0 Å². The van der Waals surface area contributed by atoms with Gasteiger partial charge in [-0.1, -0.05) is 78.9 Å². The number of carbonyl (C=O) groups excluding carboxylic acids is 1. The Kier molecular flexibility index (Phi) is 5.03. The molecule has 0 aliphatic carbocycles. The van der Waals surface area contributed by atoms with E-state index in [9.17, 15) is 4.79 Å². The molecule has 0 saturated heterocycles. The predicted molar refractivity (Wildman–Crippen MR) is 125 cm³/mol. The van der Waals surface area contributed by atoms with Crippen LogP contribution in [0.2, 0.25) is 0 Å². The van der Waals surface area contributed by atoms with Crippen molar-refractivity contribution in [2.24, 2.45) is 0 Å². The van der Waals surface area contributed by atoms with Crippen molar-refractivity contribution < 1.29 is 4.79 Å². The van der Waals surface area contributed by atoms with Crippen LogP contribution >= 0.6 is 0 Å². The molecule has 0 aliphatic heterocycles. The van der Waals surface area contributed by atoms with E-state index in [0.29, 0.717) is 12.2 Å². The maximum atomic E-state index is 14.1. The summed E-state index contributed by atoms with van der Waals surface area (Å²) in [5, 5.41) is 0. The first-order valence-electron chi connectivity index (χ1n) is 10.3. The van der Waals surface area contributed by atoms with Crippen molar-refractivity contribution >= 4 is 28.4 Å². The number of amides is 1. The minimum absolute atomic E-state index is 0.156. The average Bonchev–Trinajstić information content (AvgIpc) is 3.19. The summed E-state index contributed by atoms with van der Waals surface area (Å²) in [6, 6.07) is 37.2. The van der Waals surface area contributed by atoms with Crippen LogP contribution in [0.5, 0.6) is 0 Å². The van der Waals surface area contributed by atoms with Gasteiger partial charge in [-0.15, -0.1) is 0 Å². The highest BCUT2D eigenvalue weighted by molar-refractivity contribution is 6.04. The fraction of sp³-hybridized carbons (Fsp3) is 0.0370. The van der Waals surface area contributed by atoms with E-state index in [1.165, 1.54) is 0 Å². The van der Waals surface area contributed by atoms with Gasteiger partial charge in [-0.25, -0.2) is 14.3 Å². The molecule has 0 bridgehead atoms. The van der Waals surface area contributed by atoms with Gasteiger partial charge in [0.15, 0.2) is 0 Å². The van der Waals surface area contributed by atoms with E-state index >= 15 is 0 Å². The lowest BCUT2D eigenvalue weighted by Crippen LogP contribution is -2.31. The number of anilines is 2. The number of carbonyl (C=O) groups is 1. The predicted octanol–water partition coefficient (Wildman–Crippen LogP) is 6.43. The number of rotatable bonds is 4. The van der Waals surface area contributed by atoms with Crippen molar-refractivity contribution in [1.82, 2.24) is 9.55 Å². The molecule has 0 radical (unpaired) electrons.